The summed E-state index contributed by atoms with van der Waals surface area (Å²) in [5.41, 5.74) is 2.35. The van der Waals surface area contributed by atoms with Crippen molar-refractivity contribution in [2.75, 3.05) is 0 Å². The lowest BCUT2D eigenvalue weighted by Crippen LogP contribution is -2.43. The van der Waals surface area contributed by atoms with Crippen LogP contribution in [0.4, 0.5) is 0 Å². The highest BCUT2D eigenvalue weighted by atomic mass is 16.4. The molecular weight excluding hydrogens is 332 g/mol. The molecule has 0 saturated heterocycles. The van der Waals surface area contributed by atoms with E-state index in [-0.39, 0.29) is 16.7 Å². The van der Waals surface area contributed by atoms with Crippen LogP contribution in [0.25, 0.3) is 11.1 Å². The van der Waals surface area contributed by atoms with Crippen LogP contribution < -0.4 is 5.84 Å². The summed E-state index contributed by atoms with van der Waals surface area (Å²) in [7, 11) is 0. The third-order valence-electron chi connectivity index (χ3n) is 4.41. The molecule has 2 aromatic carbocycles. The molecule has 1 aliphatic carbocycles. The van der Waals surface area contributed by atoms with E-state index in [1.165, 1.54) is 0 Å². The molecule has 0 aliphatic heterocycles. The fourth-order valence-corrected chi connectivity index (χ4v) is 3.03. The van der Waals surface area contributed by atoms with Crippen LogP contribution in [-0.2, 0) is 9.59 Å². The van der Waals surface area contributed by atoms with E-state index in [2.05, 4.69) is 0 Å². The molecule has 6 heteroatoms. The van der Waals surface area contributed by atoms with Crippen LogP contribution in [0.2, 0.25) is 0 Å². The standard InChI is InChI=1S/C20H18N2O4/c21-22(19(24)16-7-4-8-17(16)20(25)26)18(23)15-11-9-14(10-12-15)13-5-2-1-3-6-13/h1-3,5-6,9-12H,4,7-8,21H2,(H,25,26). The first-order valence-electron chi connectivity index (χ1n) is 8.23. The van der Waals surface area contributed by atoms with E-state index >= 15 is 0 Å². The fourth-order valence-electron chi connectivity index (χ4n) is 3.03. The van der Waals surface area contributed by atoms with E-state index in [1.807, 2.05) is 30.3 Å². The number of carboxylic acids is 1. The van der Waals surface area contributed by atoms with Gasteiger partial charge in [0.1, 0.15) is 0 Å². The molecule has 0 spiro atoms. The van der Waals surface area contributed by atoms with Crippen molar-refractivity contribution in [3.8, 4) is 11.1 Å². The van der Waals surface area contributed by atoms with Crippen molar-refractivity contribution >= 4 is 17.8 Å². The average molecular weight is 350 g/mol. The number of nitrogens with two attached hydrogens (primary N) is 1. The van der Waals surface area contributed by atoms with Crippen molar-refractivity contribution in [1.29, 1.82) is 0 Å². The second-order valence-corrected chi connectivity index (χ2v) is 6.04. The summed E-state index contributed by atoms with van der Waals surface area (Å²) in [4.78, 5) is 36.1. The van der Waals surface area contributed by atoms with Crippen LogP contribution in [0.3, 0.4) is 0 Å². The van der Waals surface area contributed by atoms with Gasteiger partial charge in [-0.3, -0.25) is 9.59 Å². The zero-order chi connectivity index (χ0) is 18.7. The van der Waals surface area contributed by atoms with Gasteiger partial charge in [-0.1, -0.05) is 42.5 Å². The Morgan fingerprint density at radius 3 is 2.00 bits per heavy atom. The largest absolute Gasteiger partial charge is 0.478 e. The number of amides is 2. The number of benzene rings is 2. The van der Waals surface area contributed by atoms with Gasteiger partial charge in [-0.2, -0.15) is 0 Å². The monoisotopic (exact) mass is 350 g/mol. The number of nitrogens with zero attached hydrogens (tertiary/aromatic N) is 1. The minimum absolute atomic E-state index is 0.0395. The third kappa shape index (κ3) is 3.41. The van der Waals surface area contributed by atoms with Gasteiger partial charge in [-0.15, -0.1) is 0 Å². The first-order chi connectivity index (χ1) is 12.5. The molecule has 0 atom stereocenters. The minimum Gasteiger partial charge on any atom is -0.478 e. The predicted octanol–water partition coefficient (Wildman–Crippen LogP) is 2.76. The highest BCUT2D eigenvalue weighted by Gasteiger charge is 2.30. The van der Waals surface area contributed by atoms with Gasteiger partial charge in [0.2, 0.25) is 0 Å². The number of imide groups is 1. The van der Waals surface area contributed by atoms with Gasteiger partial charge < -0.3 is 5.11 Å². The molecule has 0 heterocycles. The molecule has 0 saturated carbocycles. The third-order valence-corrected chi connectivity index (χ3v) is 4.41. The van der Waals surface area contributed by atoms with E-state index in [0.717, 1.165) is 11.1 Å². The summed E-state index contributed by atoms with van der Waals surface area (Å²) in [5, 5.41) is 9.66. The molecule has 2 amide bonds. The summed E-state index contributed by atoms with van der Waals surface area (Å²) >= 11 is 0. The van der Waals surface area contributed by atoms with Crippen molar-refractivity contribution in [3.05, 3.63) is 71.3 Å². The topological polar surface area (TPSA) is 101 Å². The number of aliphatic carboxylic acids is 1. The van der Waals surface area contributed by atoms with E-state index in [4.69, 9.17) is 10.9 Å². The summed E-state index contributed by atoms with van der Waals surface area (Å²) in [5.74, 6) is 3.13. The van der Waals surface area contributed by atoms with E-state index in [0.29, 0.717) is 24.3 Å². The molecular formula is C20H18N2O4. The molecule has 132 valence electrons. The van der Waals surface area contributed by atoms with Crippen LogP contribution in [-0.4, -0.2) is 27.9 Å². The molecule has 0 bridgehead atoms. The normalized spacial score (nSPS) is 13.6. The maximum Gasteiger partial charge on any atom is 0.332 e. The smallest absolute Gasteiger partial charge is 0.332 e. The van der Waals surface area contributed by atoms with Crippen molar-refractivity contribution < 1.29 is 19.5 Å². The second-order valence-electron chi connectivity index (χ2n) is 6.04. The number of hydrogen-bond acceptors (Lipinski definition) is 4. The summed E-state index contributed by atoms with van der Waals surface area (Å²) in [6.07, 6.45) is 1.19. The number of rotatable bonds is 4. The molecule has 6 nitrogen and oxygen atoms in total. The summed E-state index contributed by atoms with van der Waals surface area (Å²) in [6.45, 7) is 0. The fraction of sp³-hybridized carbons (Fsp3) is 0.150. The first kappa shape index (κ1) is 17.6. The average Bonchev–Trinajstić information content (AvgIpc) is 3.17. The van der Waals surface area contributed by atoms with Crippen molar-refractivity contribution in [1.82, 2.24) is 5.01 Å². The number of carbonyl (C=O) groups is 3. The number of hydrogen-bond donors (Lipinski definition) is 2. The molecule has 0 radical (unpaired) electrons. The molecule has 3 N–H and O–H groups in total. The van der Waals surface area contributed by atoms with Gasteiger partial charge >= 0.3 is 5.97 Å². The maximum atomic E-state index is 12.5. The maximum absolute atomic E-state index is 12.5. The van der Waals surface area contributed by atoms with Gasteiger partial charge in [0.25, 0.3) is 11.8 Å². The predicted molar refractivity (Wildman–Crippen MR) is 95.8 cm³/mol. The zero-order valence-electron chi connectivity index (χ0n) is 14.0. The molecule has 0 fully saturated rings. The molecule has 3 rings (SSSR count). The SMILES string of the molecule is NN(C(=O)C1=C(C(=O)O)CCC1)C(=O)c1ccc(-c2ccccc2)cc1. The van der Waals surface area contributed by atoms with E-state index in [9.17, 15) is 14.4 Å². The Kier molecular flexibility index (Phi) is 4.95. The number of carbonyl (C=O) groups excluding carboxylic acids is 2. The minimum atomic E-state index is -1.14. The van der Waals surface area contributed by atoms with Crippen LogP contribution in [0.15, 0.2) is 65.7 Å². The van der Waals surface area contributed by atoms with Crippen LogP contribution in [0.1, 0.15) is 29.6 Å². The molecule has 1 aliphatic rings. The summed E-state index contributed by atoms with van der Waals surface area (Å²) in [6, 6.07) is 16.4. The zero-order valence-corrected chi connectivity index (χ0v) is 14.0. The van der Waals surface area contributed by atoms with Crippen LogP contribution in [0, 0.1) is 0 Å². The molecule has 2 aromatic rings. The quantitative estimate of drug-likeness (QED) is 0.382. The van der Waals surface area contributed by atoms with Crippen molar-refractivity contribution in [2.45, 2.75) is 19.3 Å². The Labute approximate surface area is 150 Å². The van der Waals surface area contributed by atoms with E-state index in [1.54, 1.807) is 24.3 Å². The molecule has 0 unspecified atom stereocenters. The Balaban J connectivity index is 1.79. The Hall–Kier alpha value is -3.25. The number of hydrazine groups is 1. The van der Waals surface area contributed by atoms with Gasteiger partial charge in [0.05, 0.1) is 0 Å². The van der Waals surface area contributed by atoms with Crippen molar-refractivity contribution in [2.24, 2.45) is 5.84 Å². The molecule has 0 aromatic heterocycles. The van der Waals surface area contributed by atoms with Crippen LogP contribution in [0.5, 0.6) is 0 Å². The van der Waals surface area contributed by atoms with Gasteiger partial charge in [0.15, 0.2) is 0 Å². The van der Waals surface area contributed by atoms with Gasteiger partial charge in [-0.25, -0.2) is 15.6 Å². The van der Waals surface area contributed by atoms with E-state index < -0.39 is 17.8 Å². The van der Waals surface area contributed by atoms with Crippen LogP contribution >= 0.6 is 0 Å². The summed E-state index contributed by atoms with van der Waals surface area (Å²) < 4.78 is 0. The van der Waals surface area contributed by atoms with Gasteiger partial charge in [0, 0.05) is 16.7 Å². The Morgan fingerprint density at radius 1 is 0.808 bits per heavy atom. The Morgan fingerprint density at radius 2 is 1.38 bits per heavy atom. The first-order valence-corrected chi connectivity index (χ1v) is 8.23. The lowest BCUT2D eigenvalue weighted by molar-refractivity contribution is -0.133. The van der Waals surface area contributed by atoms with Gasteiger partial charge in [-0.05, 0) is 42.5 Å². The number of carboxylic acid groups (broad SMARTS) is 1. The second kappa shape index (κ2) is 7.33. The molecule has 26 heavy (non-hydrogen) atoms. The lowest BCUT2D eigenvalue weighted by atomic mass is 10.0. The highest BCUT2D eigenvalue weighted by Crippen LogP contribution is 2.27. The Bertz CT molecular complexity index is 886. The lowest BCUT2D eigenvalue weighted by Gasteiger charge is -2.16. The van der Waals surface area contributed by atoms with Crippen molar-refractivity contribution in [3.63, 3.8) is 0 Å². The highest BCUT2D eigenvalue weighted by molar-refractivity contribution is 6.12.